The van der Waals surface area contributed by atoms with Crippen LogP contribution in [0.15, 0.2) is 24.8 Å². The maximum Gasteiger partial charge on any atom is 0.419 e. The van der Waals surface area contributed by atoms with Gasteiger partial charge in [-0.3, -0.25) is 14.9 Å². The van der Waals surface area contributed by atoms with Gasteiger partial charge in [-0.1, -0.05) is 0 Å². The number of carbonyl (C=O) groups excluding carboxylic acids is 1. The van der Waals surface area contributed by atoms with Gasteiger partial charge in [0.1, 0.15) is 17.6 Å². The molecular weight excluding hydrogens is 475 g/mol. The van der Waals surface area contributed by atoms with Crippen molar-refractivity contribution in [3.8, 4) is 11.3 Å². The number of hydrogen-bond donors (Lipinski definition) is 3. The number of benzene rings is 1. The second kappa shape index (κ2) is 7.44. The van der Waals surface area contributed by atoms with Gasteiger partial charge in [-0.15, -0.1) is 0 Å². The Hall–Kier alpha value is -3.61. The number of nitrogens with one attached hydrogen (secondary N) is 2. The summed E-state index contributed by atoms with van der Waals surface area (Å²) in [6.07, 6.45) is -1.52. The molecule has 0 radical (unpaired) electrons. The van der Waals surface area contributed by atoms with Crippen molar-refractivity contribution in [2.45, 2.75) is 37.7 Å². The molecule has 0 saturated heterocycles. The topological polar surface area (TPSA) is 108 Å². The summed E-state index contributed by atoms with van der Waals surface area (Å²) in [5.41, 5.74) is -2.60. The van der Waals surface area contributed by atoms with E-state index in [1.54, 1.807) is 0 Å². The predicted octanol–water partition coefficient (Wildman–Crippen LogP) is 4.17. The quantitative estimate of drug-likeness (QED) is 0.363. The molecule has 0 spiro atoms. The van der Waals surface area contributed by atoms with Gasteiger partial charge in [-0.25, -0.2) is 13.8 Å². The lowest BCUT2D eigenvalue weighted by molar-refractivity contribution is -0.139. The van der Waals surface area contributed by atoms with Crippen LogP contribution >= 0.6 is 0 Å². The molecule has 3 N–H and O–H groups in total. The average molecular weight is 492 g/mol. The first-order valence-corrected chi connectivity index (χ1v) is 10.9. The fraction of sp³-hybridized carbons (Fsp3) is 0.364. The zero-order valence-corrected chi connectivity index (χ0v) is 17.8. The second-order valence-corrected chi connectivity index (χ2v) is 8.93. The molecule has 6 rings (SSSR count). The number of imidazole rings is 1. The molecule has 1 aromatic carbocycles. The molecule has 0 bridgehead atoms. The van der Waals surface area contributed by atoms with Gasteiger partial charge in [0.2, 0.25) is 5.91 Å². The monoisotopic (exact) mass is 492 g/mol. The van der Waals surface area contributed by atoms with E-state index in [0.29, 0.717) is 12.8 Å². The van der Waals surface area contributed by atoms with Gasteiger partial charge in [0.15, 0.2) is 11.5 Å². The van der Waals surface area contributed by atoms with Crippen LogP contribution in [0.3, 0.4) is 0 Å². The minimum absolute atomic E-state index is 0.0319. The highest BCUT2D eigenvalue weighted by Gasteiger charge is 2.45. The minimum Gasteiger partial charge on any atom is -0.388 e. The van der Waals surface area contributed by atoms with Crippen LogP contribution in [0.4, 0.5) is 27.8 Å². The number of nitrogens with zero attached hydrogens (tertiary/aromatic N) is 4. The summed E-state index contributed by atoms with van der Waals surface area (Å²) in [4.78, 5) is 20.2. The number of aliphatic hydroxyl groups is 1. The number of aromatic nitrogens is 5. The standard InChI is InChI=1S/C22H17F5N6O2/c23-11-3-9(11)21(35)31-13-7-33-6-12(28-5-14(33)30-13)15-10-4-29-32-19(10)16(20(34)8-1-2-8)18(24)17(15)22(25,26)27/h4-9,11,20,34H,1-3H2,(H,29,32)(H,31,35)/t9-,11+,20?/m1/s1. The number of anilines is 1. The molecule has 2 aliphatic rings. The van der Waals surface area contributed by atoms with Crippen LogP contribution in [0.5, 0.6) is 0 Å². The Bertz CT molecular complexity index is 1490. The van der Waals surface area contributed by atoms with Crippen molar-refractivity contribution in [2.24, 2.45) is 11.8 Å². The Kier molecular flexibility index (Phi) is 4.66. The highest BCUT2D eigenvalue weighted by atomic mass is 19.4. The third-order valence-corrected chi connectivity index (χ3v) is 6.43. The van der Waals surface area contributed by atoms with E-state index in [4.69, 9.17) is 0 Å². The summed E-state index contributed by atoms with van der Waals surface area (Å²) >= 11 is 0. The molecule has 0 aliphatic heterocycles. The summed E-state index contributed by atoms with van der Waals surface area (Å²) in [7, 11) is 0. The number of aromatic amines is 1. The van der Waals surface area contributed by atoms with Gasteiger partial charge in [0, 0.05) is 22.7 Å². The van der Waals surface area contributed by atoms with Gasteiger partial charge < -0.3 is 14.8 Å². The van der Waals surface area contributed by atoms with Gasteiger partial charge in [0.25, 0.3) is 0 Å². The maximum atomic E-state index is 15.5. The van der Waals surface area contributed by atoms with E-state index in [9.17, 15) is 27.5 Å². The average Bonchev–Trinajstić information content (AvgIpc) is 3.68. The van der Waals surface area contributed by atoms with Gasteiger partial charge >= 0.3 is 6.18 Å². The van der Waals surface area contributed by atoms with Crippen LogP contribution in [0.1, 0.15) is 36.5 Å². The van der Waals surface area contributed by atoms with Gasteiger partial charge in [-0.05, 0) is 25.2 Å². The van der Waals surface area contributed by atoms with Crippen molar-refractivity contribution in [1.82, 2.24) is 24.6 Å². The number of aliphatic hydroxyl groups excluding tert-OH is 1. The minimum atomic E-state index is -5.10. The molecule has 4 aromatic rings. The summed E-state index contributed by atoms with van der Waals surface area (Å²) in [5, 5.41) is 19.3. The van der Waals surface area contributed by atoms with Crippen LogP contribution in [0, 0.1) is 17.7 Å². The number of amides is 1. The number of H-pyrrole nitrogens is 1. The Morgan fingerprint density at radius 3 is 2.66 bits per heavy atom. The number of rotatable bonds is 5. The number of alkyl halides is 4. The van der Waals surface area contributed by atoms with Crippen molar-refractivity contribution in [3.63, 3.8) is 0 Å². The van der Waals surface area contributed by atoms with E-state index in [2.05, 4.69) is 25.5 Å². The summed E-state index contributed by atoms with van der Waals surface area (Å²) in [5.74, 6) is -3.11. The zero-order valence-electron chi connectivity index (χ0n) is 17.8. The molecule has 35 heavy (non-hydrogen) atoms. The van der Waals surface area contributed by atoms with E-state index in [0.717, 1.165) is 6.20 Å². The Labute approximate surface area is 193 Å². The molecule has 3 atom stereocenters. The summed E-state index contributed by atoms with van der Waals surface area (Å²) in [6.45, 7) is 0. The number of hydrogen-bond acceptors (Lipinski definition) is 5. The Morgan fingerprint density at radius 1 is 1.26 bits per heavy atom. The van der Waals surface area contributed by atoms with Crippen molar-refractivity contribution in [2.75, 3.05) is 5.32 Å². The molecule has 3 aromatic heterocycles. The highest BCUT2D eigenvalue weighted by molar-refractivity contribution is 5.98. The lowest BCUT2D eigenvalue weighted by Gasteiger charge is -2.20. The molecule has 2 fully saturated rings. The molecule has 3 heterocycles. The van der Waals surface area contributed by atoms with Crippen LogP contribution in [0.25, 0.3) is 27.8 Å². The first-order valence-electron chi connectivity index (χ1n) is 10.9. The number of fused-ring (bicyclic) bond motifs is 2. The summed E-state index contributed by atoms with van der Waals surface area (Å²) in [6, 6.07) is 0. The normalized spacial score (nSPS) is 21.0. The van der Waals surface area contributed by atoms with E-state index < -0.39 is 52.8 Å². The third-order valence-electron chi connectivity index (χ3n) is 6.43. The first-order chi connectivity index (χ1) is 16.6. The van der Waals surface area contributed by atoms with E-state index >= 15 is 4.39 Å². The van der Waals surface area contributed by atoms with Crippen molar-refractivity contribution in [1.29, 1.82) is 0 Å². The first kappa shape index (κ1) is 21.9. The third kappa shape index (κ3) is 3.61. The van der Waals surface area contributed by atoms with Crippen molar-refractivity contribution < 1.29 is 31.9 Å². The summed E-state index contributed by atoms with van der Waals surface area (Å²) < 4.78 is 72.5. The largest absolute Gasteiger partial charge is 0.419 e. The smallest absolute Gasteiger partial charge is 0.388 e. The molecule has 182 valence electrons. The lowest BCUT2D eigenvalue weighted by atomic mass is 9.92. The molecule has 1 unspecified atom stereocenters. The fourth-order valence-corrected chi connectivity index (χ4v) is 4.37. The highest BCUT2D eigenvalue weighted by Crippen LogP contribution is 2.49. The van der Waals surface area contributed by atoms with Gasteiger partial charge in [0.05, 0.1) is 41.8 Å². The molecule has 8 nitrogen and oxygen atoms in total. The van der Waals surface area contributed by atoms with Crippen LogP contribution < -0.4 is 5.32 Å². The molecule has 2 aliphatic carbocycles. The number of carbonyl (C=O) groups is 1. The van der Waals surface area contributed by atoms with Crippen LogP contribution in [-0.2, 0) is 11.0 Å². The molecule has 1 amide bonds. The van der Waals surface area contributed by atoms with Crippen molar-refractivity contribution in [3.05, 3.63) is 41.7 Å². The zero-order chi connectivity index (χ0) is 24.6. The van der Waals surface area contributed by atoms with Crippen LogP contribution in [-0.4, -0.2) is 41.8 Å². The van der Waals surface area contributed by atoms with E-state index in [-0.39, 0.29) is 40.4 Å². The van der Waals surface area contributed by atoms with Gasteiger partial charge in [-0.2, -0.15) is 18.3 Å². The predicted molar refractivity (Wildman–Crippen MR) is 112 cm³/mol. The van der Waals surface area contributed by atoms with Crippen molar-refractivity contribution >= 4 is 28.3 Å². The maximum absolute atomic E-state index is 15.5. The SMILES string of the molecule is O=C(Nc1cn2cc(-c3c(C(F)(F)F)c(F)c(C(O)C4CC4)c4[nH]ncc34)ncc2n1)[C@@H]1C[C@@H]1F. The number of halogens is 5. The Balaban J connectivity index is 1.50. The molecule has 13 heteroatoms. The fourth-order valence-electron chi connectivity index (χ4n) is 4.37. The van der Waals surface area contributed by atoms with Crippen LogP contribution in [0.2, 0.25) is 0 Å². The Morgan fingerprint density at radius 2 is 2.00 bits per heavy atom. The molecule has 2 saturated carbocycles. The second-order valence-electron chi connectivity index (χ2n) is 8.93. The lowest BCUT2D eigenvalue weighted by Crippen LogP contribution is -2.16. The van der Waals surface area contributed by atoms with E-state index in [1.165, 1.54) is 23.0 Å². The molecular formula is C22H17F5N6O2. The van der Waals surface area contributed by atoms with E-state index in [1.807, 2.05) is 0 Å².